The van der Waals surface area contributed by atoms with Gasteiger partial charge < -0.3 is 9.72 Å². The molecule has 0 bridgehead atoms. The molecule has 0 aliphatic rings. The van der Waals surface area contributed by atoms with Crippen LogP contribution in [0.15, 0.2) is 29.8 Å². The Balaban J connectivity index is 2.42. The molecule has 0 saturated carbocycles. The normalized spacial score (nSPS) is 11.3. The molecule has 2 aromatic rings. The van der Waals surface area contributed by atoms with Gasteiger partial charge in [-0.3, -0.25) is 0 Å². The summed E-state index contributed by atoms with van der Waals surface area (Å²) < 4.78 is 5.00. The Hall–Kier alpha value is -2.54. The molecule has 1 aromatic heterocycles. The summed E-state index contributed by atoms with van der Waals surface area (Å²) in [4.78, 5) is 15.0. The van der Waals surface area contributed by atoms with Crippen molar-refractivity contribution in [1.29, 1.82) is 5.26 Å². The summed E-state index contributed by atoms with van der Waals surface area (Å²) in [6, 6.07) is 9.69. The van der Waals surface area contributed by atoms with Gasteiger partial charge in [-0.15, -0.1) is 0 Å². The van der Waals surface area contributed by atoms with Gasteiger partial charge in [-0.05, 0) is 25.5 Å². The first kappa shape index (κ1) is 13.9. The van der Waals surface area contributed by atoms with Gasteiger partial charge in [0.2, 0.25) is 0 Å². The zero-order chi connectivity index (χ0) is 14.5. The van der Waals surface area contributed by atoms with Crippen LogP contribution >= 0.6 is 0 Å². The number of ether oxygens (including phenoxy) is 1. The summed E-state index contributed by atoms with van der Waals surface area (Å²) in [5, 5.41) is 10.1. The average molecular weight is 268 g/mol. The van der Waals surface area contributed by atoms with Gasteiger partial charge in [-0.2, -0.15) is 5.26 Å². The van der Waals surface area contributed by atoms with E-state index in [1.54, 1.807) is 6.08 Å². The van der Waals surface area contributed by atoms with Crippen molar-refractivity contribution in [3.63, 3.8) is 0 Å². The fourth-order valence-corrected chi connectivity index (χ4v) is 2.04. The molecule has 1 heterocycles. The summed E-state index contributed by atoms with van der Waals surface area (Å²) >= 11 is 0. The number of benzene rings is 1. The largest absolute Gasteiger partial charge is 0.462 e. The molecule has 0 atom stereocenters. The second-order valence-electron chi connectivity index (χ2n) is 4.51. The van der Waals surface area contributed by atoms with Crippen LogP contribution < -0.4 is 0 Å². The molecule has 1 N–H and O–H groups in total. The van der Waals surface area contributed by atoms with Crippen molar-refractivity contribution in [2.75, 3.05) is 6.61 Å². The number of hydrogen-bond donors (Lipinski definition) is 1. The maximum absolute atomic E-state index is 11.8. The second-order valence-corrected chi connectivity index (χ2v) is 4.51. The lowest BCUT2D eigenvalue weighted by Gasteiger charge is -2.01. The molecule has 1 aromatic carbocycles. The summed E-state index contributed by atoms with van der Waals surface area (Å²) in [5.41, 5.74) is 2.77. The van der Waals surface area contributed by atoms with E-state index in [1.165, 1.54) is 0 Å². The van der Waals surface area contributed by atoms with Crippen LogP contribution in [0.3, 0.4) is 0 Å². The van der Waals surface area contributed by atoms with Crippen molar-refractivity contribution in [2.45, 2.75) is 20.3 Å². The molecule has 0 unspecified atom stereocenters. The van der Waals surface area contributed by atoms with Crippen LogP contribution in [-0.2, 0) is 9.53 Å². The maximum atomic E-state index is 11.8. The number of hydrogen-bond acceptors (Lipinski definition) is 3. The number of nitriles is 1. The van der Waals surface area contributed by atoms with E-state index in [-0.39, 0.29) is 5.57 Å². The van der Waals surface area contributed by atoms with E-state index in [4.69, 9.17) is 10.00 Å². The van der Waals surface area contributed by atoms with Gasteiger partial charge in [0.25, 0.3) is 0 Å². The van der Waals surface area contributed by atoms with Crippen LogP contribution in [0.1, 0.15) is 24.6 Å². The predicted molar refractivity (Wildman–Crippen MR) is 77.9 cm³/mol. The third kappa shape index (κ3) is 2.72. The van der Waals surface area contributed by atoms with E-state index >= 15 is 0 Å². The Morgan fingerprint density at radius 3 is 2.90 bits per heavy atom. The number of aromatic nitrogens is 1. The van der Waals surface area contributed by atoms with Crippen LogP contribution in [0.4, 0.5) is 0 Å². The second kappa shape index (κ2) is 6.07. The number of esters is 1. The Morgan fingerprint density at radius 2 is 2.20 bits per heavy atom. The van der Waals surface area contributed by atoms with E-state index in [1.807, 2.05) is 44.2 Å². The lowest BCUT2D eigenvalue weighted by atomic mass is 10.1. The van der Waals surface area contributed by atoms with Gasteiger partial charge in [0.1, 0.15) is 11.6 Å². The van der Waals surface area contributed by atoms with Gasteiger partial charge in [0, 0.05) is 22.2 Å². The highest BCUT2D eigenvalue weighted by Gasteiger charge is 2.13. The average Bonchev–Trinajstić information content (AvgIpc) is 2.77. The number of aromatic amines is 1. The number of carbonyl (C=O) groups excluding carboxylic acids is 1. The van der Waals surface area contributed by atoms with Crippen molar-refractivity contribution >= 4 is 22.9 Å². The fraction of sp³-hybridized carbons (Fsp3) is 0.250. The van der Waals surface area contributed by atoms with Crippen LogP contribution in [0.2, 0.25) is 0 Å². The number of nitrogens with one attached hydrogen (secondary N) is 1. The van der Waals surface area contributed by atoms with E-state index in [0.29, 0.717) is 6.61 Å². The Bertz CT molecular complexity index is 705. The Labute approximate surface area is 117 Å². The topological polar surface area (TPSA) is 65.9 Å². The first-order valence-corrected chi connectivity index (χ1v) is 6.53. The molecule has 4 nitrogen and oxygen atoms in total. The quantitative estimate of drug-likeness (QED) is 0.525. The lowest BCUT2D eigenvalue weighted by molar-refractivity contribution is -0.138. The molecular formula is C16H16N2O2. The molecular weight excluding hydrogens is 252 g/mol. The van der Waals surface area contributed by atoms with Crippen LogP contribution in [-0.4, -0.2) is 17.6 Å². The molecule has 0 saturated heterocycles. The molecule has 0 amide bonds. The number of nitrogens with zero attached hydrogens (tertiary/aromatic N) is 1. The highest BCUT2D eigenvalue weighted by Crippen LogP contribution is 2.24. The number of aryl methyl sites for hydroxylation is 1. The molecule has 20 heavy (non-hydrogen) atoms. The first-order chi connectivity index (χ1) is 9.67. The van der Waals surface area contributed by atoms with Crippen LogP contribution in [0.5, 0.6) is 0 Å². The molecule has 0 fully saturated rings. The van der Waals surface area contributed by atoms with E-state index in [0.717, 1.165) is 28.6 Å². The van der Waals surface area contributed by atoms with E-state index in [2.05, 4.69) is 4.98 Å². The Morgan fingerprint density at radius 1 is 1.45 bits per heavy atom. The minimum atomic E-state index is -0.570. The van der Waals surface area contributed by atoms with E-state index < -0.39 is 5.97 Å². The van der Waals surface area contributed by atoms with Crippen molar-refractivity contribution in [2.24, 2.45) is 0 Å². The summed E-state index contributed by atoms with van der Waals surface area (Å²) in [7, 11) is 0. The summed E-state index contributed by atoms with van der Waals surface area (Å²) in [6.45, 7) is 4.15. The fourth-order valence-electron chi connectivity index (χ4n) is 2.04. The SMILES string of the molecule is CCCOC(=O)/C(C#N)=C/c1c(C)[nH]c2ccccc12. The maximum Gasteiger partial charge on any atom is 0.348 e. The highest BCUT2D eigenvalue weighted by atomic mass is 16.5. The molecule has 0 aliphatic heterocycles. The number of H-pyrrole nitrogens is 1. The zero-order valence-electron chi connectivity index (χ0n) is 11.6. The standard InChI is InChI=1S/C16H16N2O2/c1-3-8-20-16(19)12(10-17)9-14-11(2)18-15-7-5-4-6-13(14)15/h4-7,9,18H,3,8H2,1-2H3/b12-9+. The van der Waals surface area contributed by atoms with Gasteiger partial charge in [-0.1, -0.05) is 25.1 Å². The molecule has 0 radical (unpaired) electrons. The molecule has 2 rings (SSSR count). The molecule has 102 valence electrons. The van der Waals surface area contributed by atoms with Crippen LogP contribution in [0, 0.1) is 18.3 Å². The molecule has 0 aliphatic carbocycles. The van der Waals surface area contributed by atoms with Gasteiger partial charge in [-0.25, -0.2) is 4.79 Å². The summed E-state index contributed by atoms with van der Waals surface area (Å²) in [5.74, 6) is -0.570. The zero-order valence-corrected chi connectivity index (χ0v) is 11.6. The van der Waals surface area contributed by atoms with Gasteiger partial charge in [0.05, 0.1) is 6.61 Å². The van der Waals surface area contributed by atoms with Crippen molar-refractivity contribution in [1.82, 2.24) is 4.98 Å². The first-order valence-electron chi connectivity index (χ1n) is 6.53. The predicted octanol–water partition coefficient (Wildman–Crippen LogP) is 3.34. The van der Waals surface area contributed by atoms with Gasteiger partial charge >= 0.3 is 5.97 Å². The van der Waals surface area contributed by atoms with Crippen molar-refractivity contribution in [3.8, 4) is 6.07 Å². The smallest absolute Gasteiger partial charge is 0.348 e. The summed E-state index contributed by atoms with van der Waals surface area (Å²) in [6.07, 6.45) is 2.32. The van der Waals surface area contributed by atoms with Gasteiger partial charge in [0.15, 0.2) is 0 Å². The number of fused-ring (bicyclic) bond motifs is 1. The third-order valence-corrected chi connectivity index (χ3v) is 3.01. The highest BCUT2D eigenvalue weighted by molar-refractivity contribution is 6.01. The minimum Gasteiger partial charge on any atom is -0.462 e. The number of para-hydroxylation sites is 1. The third-order valence-electron chi connectivity index (χ3n) is 3.01. The van der Waals surface area contributed by atoms with Crippen molar-refractivity contribution in [3.05, 3.63) is 41.1 Å². The minimum absolute atomic E-state index is 0.0197. The van der Waals surface area contributed by atoms with Crippen molar-refractivity contribution < 1.29 is 9.53 Å². The monoisotopic (exact) mass is 268 g/mol. The van der Waals surface area contributed by atoms with E-state index in [9.17, 15) is 4.79 Å². The Kier molecular flexibility index (Phi) is 4.21. The molecule has 4 heteroatoms. The lowest BCUT2D eigenvalue weighted by Crippen LogP contribution is -2.07. The number of rotatable bonds is 4. The molecule has 0 spiro atoms. The van der Waals surface area contributed by atoms with Crippen LogP contribution in [0.25, 0.3) is 17.0 Å². The number of carbonyl (C=O) groups is 1.